The van der Waals surface area contributed by atoms with E-state index in [2.05, 4.69) is 43.1 Å². The molecule has 1 rings (SSSR count). The highest BCUT2D eigenvalue weighted by atomic mass is 15.3. The molecule has 0 aliphatic heterocycles. The Morgan fingerprint density at radius 1 is 1.31 bits per heavy atom. The third-order valence-corrected chi connectivity index (χ3v) is 2.17. The number of nitrogens with one attached hydrogen (secondary N) is 1. The molecule has 0 radical (unpaired) electrons. The zero-order valence-electron chi connectivity index (χ0n) is 10.7. The second-order valence-electron chi connectivity index (χ2n) is 5.29. The number of hydrazine groups is 1. The van der Waals surface area contributed by atoms with Crippen molar-refractivity contribution in [3.63, 3.8) is 0 Å². The summed E-state index contributed by atoms with van der Waals surface area (Å²) in [6, 6.07) is 1.91. The van der Waals surface area contributed by atoms with Crippen molar-refractivity contribution in [2.24, 2.45) is 11.3 Å². The molecule has 0 aliphatic carbocycles. The van der Waals surface area contributed by atoms with Crippen molar-refractivity contribution in [2.75, 3.05) is 5.43 Å². The van der Waals surface area contributed by atoms with Crippen molar-refractivity contribution in [2.45, 2.75) is 47.0 Å². The largest absolute Gasteiger partial charge is 0.308 e. The summed E-state index contributed by atoms with van der Waals surface area (Å²) in [6.07, 6.45) is 2.91. The van der Waals surface area contributed by atoms with Crippen LogP contribution in [0.25, 0.3) is 0 Å². The molecule has 4 nitrogen and oxygen atoms in total. The quantitative estimate of drug-likeness (QED) is 0.606. The van der Waals surface area contributed by atoms with E-state index in [1.807, 2.05) is 6.07 Å². The smallest absolute Gasteiger partial charge is 0.143 e. The van der Waals surface area contributed by atoms with Gasteiger partial charge in [0.1, 0.15) is 11.6 Å². The van der Waals surface area contributed by atoms with Crippen molar-refractivity contribution in [3.8, 4) is 0 Å². The number of hydrogen-bond acceptors (Lipinski definition) is 4. The van der Waals surface area contributed by atoms with Crippen LogP contribution in [-0.4, -0.2) is 9.97 Å². The third-order valence-electron chi connectivity index (χ3n) is 2.17. The Labute approximate surface area is 97.7 Å². The lowest BCUT2D eigenvalue weighted by atomic mass is 9.92. The summed E-state index contributed by atoms with van der Waals surface area (Å²) in [5.74, 6) is 6.98. The Morgan fingerprint density at radius 2 is 2.00 bits per heavy atom. The first-order valence-electron chi connectivity index (χ1n) is 5.78. The second-order valence-corrected chi connectivity index (χ2v) is 5.29. The van der Waals surface area contributed by atoms with E-state index in [1.165, 1.54) is 0 Å². The molecule has 0 aromatic carbocycles. The van der Waals surface area contributed by atoms with Gasteiger partial charge in [0.05, 0.1) is 0 Å². The minimum absolute atomic E-state index is 0.191. The van der Waals surface area contributed by atoms with Crippen LogP contribution in [0.3, 0.4) is 0 Å². The predicted octanol–water partition coefficient (Wildman–Crippen LogP) is 2.30. The Morgan fingerprint density at radius 3 is 2.50 bits per heavy atom. The van der Waals surface area contributed by atoms with Gasteiger partial charge in [-0.1, -0.05) is 34.1 Å². The van der Waals surface area contributed by atoms with Crippen molar-refractivity contribution in [1.82, 2.24) is 9.97 Å². The average molecular weight is 222 g/mol. The first-order chi connectivity index (χ1) is 7.44. The SMILES string of the molecule is CCCc1cc(NN)nc(CC(C)(C)C)n1. The molecule has 1 aromatic rings. The molecular weight excluding hydrogens is 200 g/mol. The van der Waals surface area contributed by atoms with Crippen LogP contribution in [-0.2, 0) is 12.8 Å². The molecule has 0 aliphatic rings. The topological polar surface area (TPSA) is 63.8 Å². The van der Waals surface area contributed by atoms with Crippen molar-refractivity contribution in [3.05, 3.63) is 17.6 Å². The van der Waals surface area contributed by atoms with Gasteiger partial charge in [-0.3, -0.25) is 0 Å². The molecule has 1 heterocycles. The molecule has 16 heavy (non-hydrogen) atoms. The van der Waals surface area contributed by atoms with E-state index in [1.54, 1.807) is 0 Å². The monoisotopic (exact) mass is 222 g/mol. The zero-order valence-corrected chi connectivity index (χ0v) is 10.7. The number of aromatic nitrogens is 2. The lowest BCUT2D eigenvalue weighted by Crippen LogP contribution is -2.16. The molecule has 0 unspecified atom stereocenters. The van der Waals surface area contributed by atoms with Gasteiger partial charge in [-0.2, -0.15) is 0 Å². The third kappa shape index (κ3) is 4.14. The fourth-order valence-corrected chi connectivity index (χ4v) is 1.56. The molecule has 1 aromatic heterocycles. The number of nitrogens with zero attached hydrogens (tertiary/aromatic N) is 2. The van der Waals surface area contributed by atoms with Crippen LogP contribution in [0.4, 0.5) is 5.82 Å². The molecular formula is C12H22N4. The van der Waals surface area contributed by atoms with E-state index >= 15 is 0 Å². The molecule has 0 saturated heterocycles. The van der Waals surface area contributed by atoms with E-state index < -0.39 is 0 Å². The normalized spacial score (nSPS) is 11.6. The Bertz CT molecular complexity index is 341. The molecule has 0 bridgehead atoms. The maximum Gasteiger partial charge on any atom is 0.143 e. The van der Waals surface area contributed by atoms with Crippen LogP contribution in [0.2, 0.25) is 0 Å². The first-order valence-corrected chi connectivity index (χ1v) is 5.78. The first kappa shape index (κ1) is 12.9. The van der Waals surface area contributed by atoms with Crippen molar-refractivity contribution < 1.29 is 0 Å². The molecule has 90 valence electrons. The van der Waals surface area contributed by atoms with E-state index in [0.29, 0.717) is 5.82 Å². The van der Waals surface area contributed by atoms with Gasteiger partial charge in [-0.15, -0.1) is 0 Å². The second kappa shape index (κ2) is 5.25. The Hall–Kier alpha value is -1.16. The maximum absolute atomic E-state index is 5.41. The maximum atomic E-state index is 5.41. The molecule has 0 saturated carbocycles. The average Bonchev–Trinajstić information content (AvgIpc) is 2.15. The van der Waals surface area contributed by atoms with Crippen LogP contribution in [0.1, 0.15) is 45.6 Å². The number of nitrogen functional groups attached to an aromatic ring is 1. The molecule has 0 amide bonds. The van der Waals surface area contributed by atoms with Gasteiger partial charge in [0.2, 0.25) is 0 Å². The van der Waals surface area contributed by atoms with Gasteiger partial charge < -0.3 is 5.43 Å². The summed E-state index contributed by atoms with van der Waals surface area (Å²) in [6.45, 7) is 8.68. The van der Waals surface area contributed by atoms with Crippen LogP contribution in [0.5, 0.6) is 0 Å². The number of rotatable bonds is 4. The number of anilines is 1. The highest BCUT2D eigenvalue weighted by Crippen LogP contribution is 2.19. The molecule has 4 heteroatoms. The highest BCUT2D eigenvalue weighted by Gasteiger charge is 2.14. The van der Waals surface area contributed by atoms with Crippen LogP contribution >= 0.6 is 0 Å². The Balaban J connectivity index is 2.95. The minimum atomic E-state index is 0.191. The number of nitrogens with two attached hydrogens (primary N) is 1. The van der Waals surface area contributed by atoms with Crippen LogP contribution < -0.4 is 11.3 Å². The van der Waals surface area contributed by atoms with E-state index in [4.69, 9.17) is 5.84 Å². The predicted molar refractivity (Wildman–Crippen MR) is 67.0 cm³/mol. The standard InChI is InChI=1S/C12H22N4/c1-5-6-9-7-10(16-13)15-11(14-9)8-12(2,3)4/h7H,5-6,8,13H2,1-4H3,(H,14,15,16). The van der Waals surface area contributed by atoms with E-state index in [9.17, 15) is 0 Å². The van der Waals surface area contributed by atoms with E-state index in [0.717, 1.165) is 30.8 Å². The van der Waals surface area contributed by atoms with Gasteiger partial charge in [0.25, 0.3) is 0 Å². The molecule has 0 fully saturated rings. The lowest BCUT2D eigenvalue weighted by molar-refractivity contribution is 0.400. The molecule has 0 atom stereocenters. The summed E-state index contributed by atoms with van der Waals surface area (Å²) in [5, 5.41) is 0. The molecule has 0 spiro atoms. The van der Waals surface area contributed by atoms with Gasteiger partial charge in [0, 0.05) is 18.2 Å². The lowest BCUT2D eigenvalue weighted by Gasteiger charge is -2.17. The number of hydrogen-bond donors (Lipinski definition) is 2. The van der Waals surface area contributed by atoms with Crippen LogP contribution in [0.15, 0.2) is 6.07 Å². The summed E-state index contributed by atoms with van der Waals surface area (Å²) >= 11 is 0. The summed E-state index contributed by atoms with van der Waals surface area (Å²) in [5.41, 5.74) is 3.85. The van der Waals surface area contributed by atoms with Gasteiger partial charge >= 0.3 is 0 Å². The van der Waals surface area contributed by atoms with Crippen molar-refractivity contribution >= 4 is 5.82 Å². The fraction of sp³-hybridized carbons (Fsp3) is 0.667. The molecule has 3 N–H and O–H groups in total. The van der Waals surface area contributed by atoms with Crippen molar-refractivity contribution in [1.29, 1.82) is 0 Å². The Kier molecular flexibility index (Phi) is 4.24. The van der Waals surface area contributed by atoms with Gasteiger partial charge in [-0.05, 0) is 11.8 Å². The fourth-order valence-electron chi connectivity index (χ4n) is 1.56. The van der Waals surface area contributed by atoms with Crippen LogP contribution in [0, 0.1) is 5.41 Å². The summed E-state index contributed by atoms with van der Waals surface area (Å²) in [4.78, 5) is 8.92. The summed E-state index contributed by atoms with van der Waals surface area (Å²) in [7, 11) is 0. The van der Waals surface area contributed by atoms with Gasteiger partial charge in [-0.25, -0.2) is 15.8 Å². The van der Waals surface area contributed by atoms with E-state index in [-0.39, 0.29) is 5.41 Å². The minimum Gasteiger partial charge on any atom is -0.308 e. The number of aryl methyl sites for hydroxylation is 1. The highest BCUT2D eigenvalue weighted by molar-refractivity contribution is 5.34. The summed E-state index contributed by atoms with van der Waals surface area (Å²) < 4.78 is 0. The zero-order chi connectivity index (χ0) is 12.2. The van der Waals surface area contributed by atoms with Gasteiger partial charge in [0.15, 0.2) is 0 Å².